The summed E-state index contributed by atoms with van der Waals surface area (Å²) in [4.78, 5) is 43.7. The van der Waals surface area contributed by atoms with E-state index in [0.29, 0.717) is 24.1 Å². The van der Waals surface area contributed by atoms with Crippen LogP contribution >= 0.6 is 0 Å². The van der Waals surface area contributed by atoms with Crippen LogP contribution < -0.4 is 16.3 Å². The van der Waals surface area contributed by atoms with Crippen molar-refractivity contribution in [2.75, 3.05) is 44.7 Å². The lowest BCUT2D eigenvalue weighted by Crippen LogP contribution is -2.47. The normalized spacial score (nSPS) is 14.3. The second-order valence-corrected chi connectivity index (χ2v) is 9.64. The summed E-state index contributed by atoms with van der Waals surface area (Å²) in [5.41, 5.74) is 5.96. The van der Waals surface area contributed by atoms with Gasteiger partial charge in [0, 0.05) is 44.0 Å². The van der Waals surface area contributed by atoms with E-state index in [1.54, 1.807) is 12.1 Å². The van der Waals surface area contributed by atoms with Gasteiger partial charge in [-0.3, -0.25) is 19.2 Å². The van der Waals surface area contributed by atoms with E-state index in [1.165, 1.54) is 23.8 Å². The molecule has 3 aromatic rings. The molecule has 0 aliphatic carbocycles. The molecule has 1 amide bonds. The van der Waals surface area contributed by atoms with Gasteiger partial charge in [-0.1, -0.05) is 30.7 Å². The number of piperazine rings is 1. The van der Waals surface area contributed by atoms with Gasteiger partial charge in [0.1, 0.15) is 0 Å². The number of unbranched alkanes of at least 4 members (excludes halogenated alkanes) is 2. The van der Waals surface area contributed by atoms with E-state index in [0.717, 1.165) is 63.4 Å². The number of esters is 1. The first kappa shape index (κ1) is 28.9. The molecule has 0 radical (unpaired) electrons. The van der Waals surface area contributed by atoms with Crippen molar-refractivity contribution in [2.45, 2.75) is 32.0 Å². The van der Waals surface area contributed by atoms with E-state index >= 15 is 0 Å². The number of carbonyl (C=O) groups excluding carboxylic acids is 2. The van der Waals surface area contributed by atoms with Crippen LogP contribution in [0.25, 0.3) is 11.3 Å². The van der Waals surface area contributed by atoms with E-state index < -0.39 is 29.3 Å². The highest BCUT2D eigenvalue weighted by molar-refractivity contribution is 5.98. The Hall–Kier alpha value is -4.06. The average Bonchev–Trinajstić information content (AvgIpc) is 3.28. The fourth-order valence-corrected chi connectivity index (χ4v) is 5.00. The van der Waals surface area contributed by atoms with Crippen LogP contribution in [0.5, 0.6) is 0 Å². The molecular weight excluding hydrogens is 527 g/mol. The van der Waals surface area contributed by atoms with Gasteiger partial charge in [-0.15, -0.1) is 0 Å². The number of hydrogen-bond donors (Lipinski definition) is 2. The van der Waals surface area contributed by atoms with Crippen molar-refractivity contribution in [3.63, 3.8) is 0 Å². The van der Waals surface area contributed by atoms with Crippen molar-refractivity contribution >= 4 is 17.6 Å². The molecule has 1 saturated heterocycles. The molecule has 9 nitrogen and oxygen atoms in total. The molecule has 0 atom stereocenters. The number of benzene rings is 2. The number of alkyl halides is 3. The summed E-state index contributed by atoms with van der Waals surface area (Å²) in [6.07, 6.45) is -2.17. The number of halogens is 3. The topological polar surface area (TPSA) is 114 Å². The van der Waals surface area contributed by atoms with Gasteiger partial charge in [0.2, 0.25) is 0 Å². The van der Waals surface area contributed by atoms with Crippen LogP contribution in [-0.4, -0.2) is 66.2 Å². The van der Waals surface area contributed by atoms with Gasteiger partial charge in [-0.25, -0.2) is 9.59 Å². The van der Waals surface area contributed by atoms with E-state index in [1.807, 2.05) is 12.1 Å². The number of methoxy groups -OCH3 is 1. The molecule has 0 unspecified atom stereocenters. The van der Waals surface area contributed by atoms with Crippen LogP contribution in [0.3, 0.4) is 0 Å². The molecule has 0 bridgehead atoms. The predicted octanol–water partition coefficient (Wildman–Crippen LogP) is 3.74. The number of amides is 1. The highest BCUT2D eigenvalue weighted by atomic mass is 19.4. The molecule has 3 N–H and O–H groups in total. The van der Waals surface area contributed by atoms with Gasteiger partial charge < -0.3 is 15.4 Å². The number of primary amides is 1. The molecule has 0 spiro atoms. The minimum Gasteiger partial charge on any atom is -0.464 e. The maximum Gasteiger partial charge on any atom is 0.416 e. The lowest BCUT2D eigenvalue weighted by atomic mass is 10.1. The quantitative estimate of drug-likeness (QED) is 0.289. The van der Waals surface area contributed by atoms with Gasteiger partial charge in [0.25, 0.3) is 5.91 Å². The standard InChI is InChI=1S/C28H32F3N5O4/c1-40-26(38)23-24(19-9-11-20(12-10-19)28(29,30)31)36(27(39)33-23)14-6-2-5-13-34-15-17-35(18-16-34)22-8-4-3-7-21(22)25(32)37/h3-4,7-12H,2,5-6,13-18H2,1H3,(H2,32,37)(H,33,39). The molecule has 1 fully saturated rings. The third-order valence-corrected chi connectivity index (χ3v) is 7.10. The van der Waals surface area contributed by atoms with Crippen LogP contribution in [0.1, 0.15) is 45.7 Å². The maximum atomic E-state index is 13.0. The van der Waals surface area contributed by atoms with Gasteiger partial charge in [0.05, 0.1) is 23.9 Å². The SMILES string of the molecule is COC(=O)c1[nH]c(=O)n(CCCCCN2CCN(c3ccccc3C(N)=O)CC2)c1-c1ccc(C(F)(F)F)cc1. The second-order valence-electron chi connectivity index (χ2n) is 9.64. The number of imidazole rings is 1. The Labute approximate surface area is 229 Å². The zero-order chi connectivity index (χ0) is 28.9. The molecule has 0 saturated carbocycles. The van der Waals surface area contributed by atoms with Gasteiger partial charge in [-0.2, -0.15) is 13.2 Å². The number of aromatic amines is 1. The third-order valence-electron chi connectivity index (χ3n) is 7.10. The van der Waals surface area contributed by atoms with Gasteiger partial charge in [0.15, 0.2) is 5.69 Å². The lowest BCUT2D eigenvalue weighted by Gasteiger charge is -2.36. The summed E-state index contributed by atoms with van der Waals surface area (Å²) in [5, 5.41) is 0. The highest BCUT2D eigenvalue weighted by Crippen LogP contribution is 2.32. The third kappa shape index (κ3) is 6.56. The summed E-state index contributed by atoms with van der Waals surface area (Å²) < 4.78 is 45.2. The fraction of sp³-hybridized carbons (Fsp3) is 0.393. The van der Waals surface area contributed by atoms with Crippen molar-refractivity contribution < 1.29 is 27.5 Å². The molecule has 2 heterocycles. The van der Waals surface area contributed by atoms with Gasteiger partial charge in [-0.05, 0) is 43.7 Å². The predicted molar refractivity (Wildman–Crippen MR) is 144 cm³/mol. The zero-order valence-corrected chi connectivity index (χ0v) is 22.2. The van der Waals surface area contributed by atoms with Gasteiger partial charge >= 0.3 is 17.8 Å². The molecule has 40 heavy (non-hydrogen) atoms. The molecular formula is C28H32F3N5O4. The number of nitrogens with zero attached hydrogens (tertiary/aromatic N) is 3. The Morgan fingerprint density at radius 2 is 1.60 bits per heavy atom. The monoisotopic (exact) mass is 559 g/mol. The highest BCUT2D eigenvalue weighted by Gasteiger charge is 2.31. The number of ether oxygens (including phenoxy) is 1. The Morgan fingerprint density at radius 1 is 0.950 bits per heavy atom. The number of rotatable bonds is 10. The Morgan fingerprint density at radius 3 is 2.23 bits per heavy atom. The van der Waals surface area contributed by atoms with Crippen LogP contribution in [0, 0.1) is 0 Å². The van der Waals surface area contributed by atoms with Crippen LogP contribution in [-0.2, 0) is 17.5 Å². The minimum atomic E-state index is -4.50. The number of aromatic nitrogens is 2. The zero-order valence-electron chi connectivity index (χ0n) is 22.2. The first-order chi connectivity index (χ1) is 19.1. The van der Waals surface area contributed by atoms with Crippen molar-refractivity contribution in [3.8, 4) is 11.3 Å². The summed E-state index contributed by atoms with van der Waals surface area (Å²) in [7, 11) is 1.17. The van der Waals surface area contributed by atoms with Crippen LogP contribution in [0.2, 0.25) is 0 Å². The first-order valence-electron chi connectivity index (χ1n) is 13.0. The van der Waals surface area contributed by atoms with Crippen LogP contribution in [0.15, 0.2) is 53.3 Å². The molecule has 1 aliphatic heterocycles. The summed E-state index contributed by atoms with van der Waals surface area (Å²) in [5.74, 6) is -1.22. The number of anilines is 1. The lowest BCUT2D eigenvalue weighted by molar-refractivity contribution is -0.137. The van der Waals surface area contributed by atoms with Crippen molar-refractivity contribution in [1.29, 1.82) is 0 Å². The largest absolute Gasteiger partial charge is 0.464 e. The van der Waals surface area contributed by atoms with Crippen molar-refractivity contribution in [2.24, 2.45) is 5.73 Å². The smallest absolute Gasteiger partial charge is 0.416 e. The fourth-order valence-electron chi connectivity index (χ4n) is 5.00. The summed E-state index contributed by atoms with van der Waals surface area (Å²) in [6.45, 7) is 4.38. The number of hydrogen-bond acceptors (Lipinski definition) is 6. The average molecular weight is 560 g/mol. The second kappa shape index (κ2) is 12.4. The molecule has 1 aromatic heterocycles. The van der Waals surface area contributed by atoms with E-state index in [4.69, 9.17) is 10.5 Å². The number of H-pyrrole nitrogens is 1. The minimum absolute atomic E-state index is 0.0944. The maximum absolute atomic E-state index is 13.0. The number of nitrogens with one attached hydrogen (secondary N) is 1. The van der Waals surface area contributed by atoms with E-state index in [-0.39, 0.29) is 11.4 Å². The molecule has 214 valence electrons. The van der Waals surface area contributed by atoms with Crippen molar-refractivity contribution in [3.05, 3.63) is 75.8 Å². The summed E-state index contributed by atoms with van der Waals surface area (Å²) >= 11 is 0. The van der Waals surface area contributed by atoms with E-state index in [2.05, 4.69) is 14.8 Å². The van der Waals surface area contributed by atoms with Crippen LogP contribution in [0.4, 0.5) is 18.9 Å². The van der Waals surface area contributed by atoms with E-state index in [9.17, 15) is 27.6 Å². The number of para-hydroxylation sites is 1. The van der Waals surface area contributed by atoms with Crippen molar-refractivity contribution in [1.82, 2.24) is 14.5 Å². The Kier molecular flexibility index (Phi) is 8.98. The first-order valence-corrected chi connectivity index (χ1v) is 13.0. The number of nitrogens with two attached hydrogens (primary N) is 1. The molecule has 4 rings (SSSR count). The molecule has 1 aliphatic rings. The molecule has 2 aromatic carbocycles. The molecule has 12 heteroatoms. The summed E-state index contributed by atoms with van der Waals surface area (Å²) in [6, 6.07) is 11.7. The Balaban J connectivity index is 1.33. The number of carbonyl (C=O) groups is 2. The Bertz CT molecular complexity index is 1390.